The van der Waals surface area contributed by atoms with Crippen molar-refractivity contribution in [3.05, 3.63) is 64.4 Å². The lowest BCUT2D eigenvalue weighted by Gasteiger charge is -2.06. The Morgan fingerprint density at radius 3 is 2.74 bits per heavy atom. The zero-order chi connectivity index (χ0) is 13.8. The van der Waals surface area contributed by atoms with Crippen LogP contribution in [0.25, 0.3) is 0 Å². The van der Waals surface area contributed by atoms with Crippen LogP contribution in [0.2, 0.25) is 5.02 Å². The second-order valence-corrected chi connectivity index (χ2v) is 4.75. The van der Waals surface area contributed by atoms with Gasteiger partial charge < -0.3 is 5.32 Å². The molecule has 0 saturated heterocycles. The molecule has 19 heavy (non-hydrogen) atoms. The molecule has 0 bridgehead atoms. The van der Waals surface area contributed by atoms with Crippen molar-refractivity contribution in [3.8, 4) is 0 Å². The number of carbonyl (C=O) groups is 1. The molecule has 0 atom stereocenters. The zero-order valence-electron chi connectivity index (χ0n) is 10.4. The summed E-state index contributed by atoms with van der Waals surface area (Å²) in [5.41, 5.74) is 2.53. The summed E-state index contributed by atoms with van der Waals surface area (Å²) < 4.78 is 13.0. The smallest absolute Gasteiger partial charge is 0.228 e. The number of carbonyl (C=O) groups excluding carboxylic acids is 1. The van der Waals surface area contributed by atoms with Crippen LogP contribution in [0.1, 0.15) is 11.1 Å². The Morgan fingerprint density at radius 2 is 2.05 bits per heavy atom. The van der Waals surface area contributed by atoms with Gasteiger partial charge in [-0.1, -0.05) is 41.4 Å². The minimum absolute atomic E-state index is 0.00615. The summed E-state index contributed by atoms with van der Waals surface area (Å²) >= 11 is 5.65. The first-order valence-electron chi connectivity index (χ1n) is 5.85. The number of halogens is 2. The number of amides is 1. The summed E-state index contributed by atoms with van der Waals surface area (Å²) in [6.45, 7) is 1.97. The van der Waals surface area contributed by atoms with Gasteiger partial charge in [-0.2, -0.15) is 0 Å². The van der Waals surface area contributed by atoms with Gasteiger partial charge in [0.15, 0.2) is 0 Å². The van der Waals surface area contributed by atoms with E-state index >= 15 is 0 Å². The fourth-order valence-electron chi connectivity index (χ4n) is 1.79. The third-order valence-corrected chi connectivity index (χ3v) is 2.94. The molecule has 4 heteroatoms. The van der Waals surface area contributed by atoms with E-state index in [1.165, 1.54) is 18.2 Å². The van der Waals surface area contributed by atoms with Crippen LogP contribution in [0.5, 0.6) is 0 Å². The average Bonchev–Trinajstić information content (AvgIpc) is 2.34. The fraction of sp³-hybridized carbons (Fsp3) is 0.133. The van der Waals surface area contributed by atoms with Crippen molar-refractivity contribution in [1.82, 2.24) is 0 Å². The van der Waals surface area contributed by atoms with Gasteiger partial charge in [-0.05, 0) is 30.7 Å². The van der Waals surface area contributed by atoms with Crippen molar-refractivity contribution in [3.63, 3.8) is 0 Å². The predicted molar refractivity (Wildman–Crippen MR) is 74.9 cm³/mol. The van der Waals surface area contributed by atoms with Crippen molar-refractivity contribution in [2.75, 3.05) is 5.32 Å². The maximum atomic E-state index is 13.0. The Hall–Kier alpha value is -1.87. The highest BCUT2D eigenvalue weighted by Gasteiger charge is 2.06. The number of hydrogen-bond acceptors (Lipinski definition) is 1. The molecule has 0 heterocycles. The fourth-order valence-corrected chi connectivity index (χ4v) is 1.97. The van der Waals surface area contributed by atoms with E-state index in [-0.39, 0.29) is 17.4 Å². The second kappa shape index (κ2) is 5.85. The third kappa shape index (κ3) is 3.80. The normalized spacial score (nSPS) is 10.3. The summed E-state index contributed by atoms with van der Waals surface area (Å²) in [6.07, 6.45) is 0.274. The Labute approximate surface area is 116 Å². The monoisotopic (exact) mass is 277 g/mol. The van der Waals surface area contributed by atoms with Crippen molar-refractivity contribution in [2.45, 2.75) is 13.3 Å². The number of hydrogen-bond donors (Lipinski definition) is 1. The molecule has 2 aromatic rings. The highest BCUT2D eigenvalue weighted by Crippen LogP contribution is 2.19. The quantitative estimate of drug-likeness (QED) is 0.904. The number of rotatable bonds is 3. The van der Waals surface area contributed by atoms with E-state index in [0.717, 1.165) is 11.1 Å². The van der Waals surface area contributed by atoms with E-state index in [4.69, 9.17) is 11.6 Å². The van der Waals surface area contributed by atoms with E-state index in [1.807, 2.05) is 31.2 Å². The molecule has 2 nitrogen and oxygen atoms in total. The van der Waals surface area contributed by atoms with Gasteiger partial charge in [-0.15, -0.1) is 0 Å². The lowest BCUT2D eigenvalue weighted by molar-refractivity contribution is -0.115. The maximum absolute atomic E-state index is 13.0. The van der Waals surface area contributed by atoms with Crippen LogP contribution in [0.3, 0.4) is 0 Å². The van der Waals surface area contributed by atoms with E-state index < -0.39 is 5.82 Å². The Kier molecular flexibility index (Phi) is 4.17. The van der Waals surface area contributed by atoms with Gasteiger partial charge in [-0.3, -0.25) is 4.79 Å². The molecular weight excluding hydrogens is 265 g/mol. The topological polar surface area (TPSA) is 29.1 Å². The number of anilines is 1. The zero-order valence-corrected chi connectivity index (χ0v) is 11.2. The molecule has 1 amide bonds. The van der Waals surface area contributed by atoms with Gasteiger partial charge >= 0.3 is 0 Å². The number of aryl methyl sites for hydroxylation is 1. The van der Waals surface area contributed by atoms with E-state index in [1.54, 1.807) is 0 Å². The van der Waals surface area contributed by atoms with E-state index in [9.17, 15) is 9.18 Å². The third-order valence-electron chi connectivity index (χ3n) is 2.65. The van der Waals surface area contributed by atoms with Crippen molar-refractivity contribution in [1.29, 1.82) is 0 Å². The molecule has 1 N–H and O–H groups in total. The largest absolute Gasteiger partial charge is 0.326 e. The molecule has 0 aliphatic rings. The van der Waals surface area contributed by atoms with Gasteiger partial charge in [0.1, 0.15) is 5.82 Å². The summed E-state index contributed by atoms with van der Waals surface area (Å²) in [4.78, 5) is 11.8. The predicted octanol–water partition coefficient (Wildman–Crippen LogP) is 3.97. The van der Waals surface area contributed by atoms with Crippen LogP contribution in [-0.4, -0.2) is 5.91 Å². The standard InChI is InChI=1S/C15H13ClFNO/c1-10-3-2-4-11(7-10)8-15(19)18-12-5-6-14(17)13(16)9-12/h2-7,9H,8H2,1H3,(H,18,19). The molecule has 0 spiro atoms. The molecule has 0 aliphatic carbocycles. The molecule has 0 unspecified atom stereocenters. The van der Waals surface area contributed by atoms with Gasteiger partial charge in [0.2, 0.25) is 5.91 Å². The first-order chi connectivity index (χ1) is 9.04. The molecule has 0 aliphatic heterocycles. The summed E-state index contributed by atoms with van der Waals surface area (Å²) in [5.74, 6) is -0.661. The number of nitrogens with one attached hydrogen (secondary N) is 1. The lowest BCUT2D eigenvalue weighted by Crippen LogP contribution is -2.14. The Bertz CT molecular complexity index is 613. The summed E-state index contributed by atoms with van der Waals surface area (Å²) in [6, 6.07) is 11.8. The van der Waals surface area contributed by atoms with Gasteiger partial charge in [0, 0.05) is 5.69 Å². The summed E-state index contributed by atoms with van der Waals surface area (Å²) in [5, 5.41) is 2.68. The second-order valence-electron chi connectivity index (χ2n) is 4.34. The van der Waals surface area contributed by atoms with Crippen LogP contribution in [0.15, 0.2) is 42.5 Å². The molecule has 98 valence electrons. The first kappa shape index (κ1) is 13.6. The molecule has 0 radical (unpaired) electrons. The van der Waals surface area contributed by atoms with Crippen molar-refractivity contribution in [2.24, 2.45) is 0 Å². The lowest BCUT2D eigenvalue weighted by atomic mass is 10.1. The van der Waals surface area contributed by atoms with Gasteiger partial charge in [0.25, 0.3) is 0 Å². The highest BCUT2D eigenvalue weighted by molar-refractivity contribution is 6.31. The van der Waals surface area contributed by atoms with Crippen LogP contribution in [0, 0.1) is 12.7 Å². The minimum atomic E-state index is -0.502. The number of benzene rings is 2. The average molecular weight is 278 g/mol. The Balaban J connectivity index is 2.03. The minimum Gasteiger partial charge on any atom is -0.326 e. The molecular formula is C15H13ClFNO. The SMILES string of the molecule is Cc1cccc(CC(=O)Nc2ccc(F)c(Cl)c2)c1. The molecule has 0 aromatic heterocycles. The molecule has 0 saturated carbocycles. The van der Waals surface area contributed by atoms with Gasteiger partial charge in [0.05, 0.1) is 11.4 Å². The first-order valence-corrected chi connectivity index (χ1v) is 6.23. The molecule has 2 aromatic carbocycles. The van der Waals surface area contributed by atoms with Crippen molar-refractivity contribution < 1.29 is 9.18 Å². The maximum Gasteiger partial charge on any atom is 0.228 e. The molecule has 2 rings (SSSR count). The van der Waals surface area contributed by atoms with Crippen LogP contribution >= 0.6 is 11.6 Å². The van der Waals surface area contributed by atoms with Gasteiger partial charge in [-0.25, -0.2) is 4.39 Å². The van der Waals surface area contributed by atoms with Crippen LogP contribution in [0.4, 0.5) is 10.1 Å². The van der Waals surface area contributed by atoms with Crippen LogP contribution < -0.4 is 5.32 Å². The van der Waals surface area contributed by atoms with E-state index in [2.05, 4.69) is 5.32 Å². The Morgan fingerprint density at radius 1 is 1.26 bits per heavy atom. The highest BCUT2D eigenvalue weighted by atomic mass is 35.5. The van der Waals surface area contributed by atoms with Crippen molar-refractivity contribution >= 4 is 23.2 Å². The summed E-state index contributed by atoms with van der Waals surface area (Å²) in [7, 11) is 0. The molecule has 0 fully saturated rings. The van der Waals surface area contributed by atoms with E-state index in [0.29, 0.717) is 5.69 Å². The van der Waals surface area contributed by atoms with Crippen LogP contribution in [-0.2, 0) is 11.2 Å².